The van der Waals surface area contributed by atoms with Gasteiger partial charge in [-0.15, -0.1) is 0 Å². The van der Waals surface area contributed by atoms with Crippen LogP contribution in [0.4, 0.5) is 5.69 Å². The highest BCUT2D eigenvalue weighted by Crippen LogP contribution is 2.23. The van der Waals surface area contributed by atoms with Gasteiger partial charge >= 0.3 is 0 Å². The van der Waals surface area contributed by atoms with E-state index in [1.807, 2.05) is 44.2 Å². The molecular weight excluding hydrogens is 212 g/mol. The van der Waals surface area contributed by atoms with Gasteiger partial charge in [0.25, 0.3) is 0 Å². The molecule has 3 nitrogen and oxygen atoms in total. The topological polar surface area (TPSA) is 49.0 Å². The van der Waals surface area contributed by atoms with Crippen molar-refractivity contribution in [2.24, 2.45) is 0 Å². The van der Waals surface area contributed by atoms with Gasteiger partial charge in [-0.05, 0) is 49.7 Å². The molecule has 2 rings (SSSR count). The van der Waals surface area contributed by atoms with E-state index in [0.29, 0.717) is 5.56 Å². The molecule has 0 aliphatic carbocycles. The summed E-state index contributed by atoms with van der Waals surface area (Å²) in [4.78, 5) is 0. The van der Waals surface area contributed by atoms with E-state index >= 15 is 0 Å². The molecule has 3 heteroatoms. The van der Waals surface area contributed by atoms with Crippen LogP contribution < -0.4 is 5.32 Å². The SMILES string of the molecule is Cc1cc(C#N)ccc1NC(C)c1ccco1. The molecule has 0 aliphatic heterocycles. The van der Waals surface area contributed by atoms with Crippen LogP contribution in [-0.2, 0) is 0 Å². The monoisotopic (exact) mass is 226 g/mol. The van der Waals surface area contributed by atoms with Gasteiger partial charge in [-0.25, -0.2) is 0 Å². The Bertz CT molecular complexity index is 538. The van der Waals surface area contributed by atoms with Gasteiger partial charge in [0, 0.05) is 5.69 Å². The minimum atomic E-state index is 0.108. The summed E-state index contributed by atoms with van der Waals surface area (Å²) < 4.78 is 5.34. The van der Waals surface area contributed by atoms with E-state index in [1.165, 1.54) is 0 Å². The molecule has 0 saturated heterocycles. The van der Waals surface area contributed by atoms with Crippen molar-refractivity contribution in [3.05, 3.63) is 53.5 Å². The van der Waals surface area contributed by atoms with Crippen LogP contribution in [0.25, 0.3) is 0 Å². The maximum absolute atomic E-state index is 8.80. The molecule has 2 aromatic rings. The molecule has 1 heterocycles. The number of nitriles is 1. The van der Waals surface area contributed by atoms with Crippen LogP contribution >= 0.6 is 0 Å². The first-order valence-electron chi connectivity index (χ1n) is 5.51. The van der Waals surface area contributed by atoms with Gasteiger partial charge in [0.05, 0.1) is 23.9 Å². The fraction of sp³-hybridized carbons (Fsp3) is 0.214. The zero-order valence-electron chi connectivity index (χ0n) is 9.90. The van der Waals surface area contributed by atoms with E-state index in [2.05, 4.69) is 11.4 Å². The molecular formula is C14H14N2O. The number of aryl methyl sites for hydroxylation is 1. The Hall–Kier alpha value is -2.21. The van der Waals surface area contributed by atoms with Crippen molar-refractivity contribution in [1.29, 1.82) is 5.26 Å². The summed E-state index contributed by atoms with van der Waals surface area (Å²) in [6.07, 6.45) is 1.67. The smallest absolute Gasteiger partial charge is 0.125 e. The zero-order chi connectivity index (χ0) is 12.3. The molecule has 1 aromatic carbocycles. The van der Waals surface area contributed by atoms with Gasteiger partial charge in [-0.3, -0.25) is 0 Å². The molecule has 1 N–H and O–H groups in total. The lowest BCUT2D eigenvalue weighted by molar-refractivity contribution is 0.490. The first-order valence-corrected chi connectivity index (χ1v) is 5.51. The second-order valence-corrected chi connectivity index (χ2v) is 4.02. The van der Waals surface area contributed by atoms with Crippen LogP contribution in [0.2, 0.25) is 0 Å². The maximum Gasteiger partial charge on any atom is 0.125 e. The van der Waals surface area contributed by atoms with Crippen LogP contribution in [0.5, 0.6) is 0 Å². The molecule has 1 aromatic heterocycles. The third kappa shape index (κ3) is 2.48. The zero-order valence-corrected chi connectivity index (χ0v) is 9.90. The van der Waals surface area contributed by atoms with E-state index in [-0.39, 0.29) is 6.04 Å². The van der Waals surface area contributed by atoms with Gasteiger partial charge in [0.15, 0.2) is 0 Å². The highest BCUT2D eigenvalue weighted by Gasteiger charge is 2.09. The van der Waals surface area contributed by atoms with Gasteiger partial charge in [-0.1, -0.05) is 0 Å². The molecule has 1 unspecified atom stereocenters. The summed E-state index contributed by atoms with van der Waals surface area (Å²) >= 11 is 0. The molecule has 0 bridgehead atoms. The van der Waals surface area contributed by atoms with E-state index in [1.54, 1.807) is 6.26 Å². The van der Waals surface area contributed by atoms with Gasteiger partial charge in [0.2, 0.25) is 0 Å². The summed E-state index contributed by atoms with van der Waals surface area (Å²) in [6, 6.07) is 11.7. The fourth-order valence-corrected chi connectivity index (χ4v) is 1.74. The number of furan rings is 1. The second kappa shape index (κ2) is 4.75. The molecule has 0 fully saturated rings. The number of hydrogen-bond donors (Lipinski definition) is 1. The average molecular weight is 226 g/mol. The summed E-state index contributed by atoms with van der Waals surface area (Å²) in [6.45, 7) is 4.02. The van der Waals surface area contributed by atoms with E-state index in [4.69, 9.17) is 9.68 Å². The quantitative estimate of drug-likeness (QED) is 0.869. The van der Waals surface area contributed by atoms with Crippen LogP contribution in [0, 0.1) is 18.3 Å². The number of anilines is 1. The Morgan fingerprint density at radius 2 is 2.18 bits per heavy atom. The third-order valence-electron chi connectivity index (χ3n) is 2.70. The van der Waals surface area contributed by atoms with Gasteiger partial charge < -0.3 is 9.73 Å². The summed E-state index contributed by atoms with van der Waals surface area (Å²) in [5.74, 6) is 0.897. The Balaban J connectivity index is 2.17. The van der Waals surface area contributed by atoms with E-state index in [9.17, 15) is 0 Å². The molecule has 0 aliphatic rings. The number of hydrogen-bond acceptors (Lipinski definition) is 3. The maximum atomic E-state index is 8.80. The number of nitrogens with one attached hydrogen (secondary N) is 1. The van der Waals surface area contributed by atoms with E-state index < -0.39 is 0 Å². The summed E-state index contributed by atoms with van der Waals surface area (Å²) in [7, 11) is 0. The normalized spacial score (nSPS) is 11.8. The largest absolute Gasteiger partial charge is 0.467 e. The first kappa shape index (κ1) is 11.3. The lowest BCUT2D eigenvalue weighted by atomic mass is 10.1. The van der Waals surface area contributed by atoms with Crippen molar-refractivity contribution < 1.29 is 4.42 Å². The highest BCUT2D eigenvalue weighted by atomic mass is 16.3. The fourth-order valence-electron chi connectivity index (χ4n) is 1.74. The lowest BCUT2D eigenvalue weighted by Crippen LogP contribution is -2.06. The minimum absolute atomic E-state index is 0.108. The summed E-state index contributed by atoms with van der Waals surface area (Å²) in [5.41, 5.74) is 2.76. The first-order chi connectivity index (χ1) is 8.20. The van der Waals surface area contributed by atoms with Gasteiger partial charge in [0.1, 0.15) is 5.76 Å². The average Bonchev–Trinajstić information content (AvgIpc) is 2.85. The van der Waals surface area contributed by atoms with E-state index in [0.717, 1.165) is 17.0 Å². The lowest BCUT2D eigenvalue weighted by Gasteiger charge is -2.15. The second-order valence-electron chi connectivity index (χ2n) is 4.02. The predicted molar refractivity (Wildman–Crippen MR) is 66.6 cm³/mol. The highest BCUT2D eigenvalue weighted by molar-refractivity contribution is 5.54. The van der Waals surface area contributed by atoms with Crippen LogP contribution in [-0.4, -0.2) is 0 Å². The van der Waals surface area contributed by atoms with Crippen molar-refractivity contribution in [2.75, 3.05) is 5.32 Å². The molecule has 0 saturated carbocycles. The standard InChI is InChI=1S/C14H14N2O/c1-10-8-12(9-15)5-6-13(10)16-11(2)14-4-3-7-17-14/h3-8,11,16H,1-2H3. The van der Waals surface area contributed by atoms with Crippen molar-refractivity contribution in [2.45, 2.75) is 19.9 Å². The molecule has 86 valence electrons. The number of benzene rings is 1. The third-order valence-corrected chi connectivity index (χ3v) is 2.70. The summed E-state index contributed by atoms with van der Waals surface area (Å²) in [5, 5.41) is 12.2. The minimum Gasteiger partial charge on any atom is -0.467 e. The van der Waals surface area contributed by atoms with Crippen molar-refractivity contribution >= 4 is 5.69 Å². The number of rotatable bonds is 3. The van der Waals surface area contributed by atoms with Crippen molar-refractivity contribution in [3.8, 4) is 6.07 Å². The van der Waals surface area contributed by atoms with Crippen molar-refractivity contribution in [3.63, 3.8) is 0 Å². The molecule has 1 atom stereocenters. The Morgan fingerprint density at radius 1 is 1.35 bits per heavy atom. The Kier molecular flexibility index (Phi) is 3.15. The number of nitrogens with zero attached hydrogens (tertiary/aromatic N) is 1. The van der Waals surface area contributed by atoms with Crippen LogP contribution in [0.15, 0.2) is 41.0 Å². The molecule has 0 spiro atoms. The molecule has 17 heavy (non-hydrogen) atoms. The molecule has 0 radical (unpaired) electrons. The van der Waals surface area contributed by atoms with Gasteiger partial charge in [-0.2, -0.15) is 5.26 Å². The Labute approximate surface area is 101 Å². The Morgan fingerprint density at radius 3 is 2.76 bits per heavy atom. The van der Waals surface area contributed by atoms with Crippen molar-refractivity contribution in [1.82, 2.24) is 0 Å². The predicted octanol–water partition coefficient (Wildman–Crippen LogP) is 3.63. The van der Waals surface area contributed by atoms with Crippen LogP contribution in [0.1, 0.15) is 29.9 Å². The molecule has 0 amide bonds. The van der Waals surface area contributed by atoms with Crippen LogP contribution in [0.3, 0.4) is 0 Å².